The van der Waals surface area contributed by atoms with E-state index in [1.165, 1.54) is 12.1 Å². The van der Waals surface area contributed by atoms with Gasteiger partial charge in [-0.1, -0.05) is 60.7 Å². The summed E-state index contributed by atoms with van der Waals surface area (Å²) < 4.78 is 12.2. The van der Waals surface area contributed by atoms with Crippen LogP contribution >= 0.6 is 0 Å². The van der Waals surface area contributed by atoms with Crippen LogP contribution in [0.2, 0.25) is 0 Å². The second-order valence-electron chi connectivity index (χ2n) is 15.6. The Morgan fingerprint density at radius 1 is 0.931 bits per heavy atom. The number of amides is 2. The largest absolute Gasteiger partial charge is 0.506 e. The topological polar surface area (TPSA) is 156 Å². The lowest BCUT2D eigenvalue weighted by molar-refractivity contribution is -0.0336. The van der Waals surface area contributed by atoms with Crippen molar-refractivity contribution in [1.29, 1.82) is 0 Å². The molecule has 0 aliphatic carbocycles. The molecule has 3 aliphatic rings. The van der Waals surface area contributed by atoms with Gasteiger partial charge >= 0.3 is 6.09 Å². The first-order valence-electron chi connectivity index (χ1n) is 20.2. The zero-order valence-corrected chi connectivity index (χ0v) is 33.1. The number of alkyl carbamates (subject to hydrolysis) is 1. The number of H-pyrrole nitrogens is 1. The number of aromatic amines is 1. The van der Waals surface area contributed by atoms with Crippen LogP contribution in [-0.4, -0.2) is 88.4 Å². The van der Waals surface area contributed by atoms with E-state index in [0.717, 1.165) is 49.2 Å². The Morgan fingerprint density at radius 2 is 1.69 bits per heavy atom. The van der Waals surface area contributed by atoms with Gasteiger partial charge in [0.25, 0.3) is 5.91 Å². The van der Waals surface area contributed by atoms with E-state index >= 15 is 0 Å². The van der Waals surface area contributed by atoms with Gasteiger partial charge in [0.05, 0.1) is 17.7 Å². The molecular weight excluding hydrogens is 735 g/mol. The molecule has 2 amide bonds. The number of aromatic nitrogens is 1. The number of benzene rings is 4. The van der Waals surface area contributed by atoms with Crippen LogP contribution in [0.15, 0.2) is 108 Å². The third kappa shape index (κ3) is 9.87. The summed E-state index contributed by atoms with van der Waals surface area (Å²) in [5.74, 6) is 0.959. The van der Waals surface area contributed by atoms with Crippen molar-refractivity contribution in [2.45, 2.75) is 64.0 Å². The number of aliphatic hydroxyl groups excluding tert-OH is 1. The lowest BCUT2D eigenvalue weighted by Gasteiger charge is -2.43. The van der Waals surface area contributed by atoms with Crippen LogP contribution in [0.1, 0.15) is 77.9 Å². The number of phenolic OH excluding ortho intramolecular Hbond substituents is 1. The highest BCUT2D eigenvalue weighted by molar-refractivity contribution is 5.94. The zero-order chi connectivity index (χ0) is 40.6. The van der Waals surface area contributed by atoms with E-state index < -0.39 is 18.2 Å². The minimum Gasteiger partial charge on any atom is -0.506 e. The molecule has 1 aromatic heterocycles. The van der Waals surface area contributed by atoms with Crippen molar-refractivity contribution in [3.63, 3.8) is 0 Å². The van der Waals surface area contributed by atoms with Gasteiger partial charge in [-0.25, -0.2) is 4.79 Å². The molecule has 3 aliphatic heterocycles. The second kappa shape index (κ2) is 18.7. The van der Waals surface area contributed by atoms with Gasteiger partial charge in [-0.3, -0.25) is 14.5 Å². The fourth-order valence-electron chi connectivity index (χ4n) is 8.07. The molecule has 3 atom stereocenters. The van der Waals surface area contributed by atoms with Crippen LogP contribution in [0.5, 0.6) is 11.5 Å². The first kappa shape index (κ1) is 40.5. The van der Waals surface area contributed by atoms with Gasteiger partial charge in [-0.15, -0.1) is 0 Å². The summed E-state index contributed by atoms with van der Waals surface area (Å²) >= 11 is 0. The number of pyridine rings is 1. The van der Waals surface area contributed by atoms with Gasteiger partial charge < -0.3 is 40.2 Å². The average molecular weight is 788 g/mol. The lowest BCUT2D eigenvalue weighted by atomic mass is 9.86. The number of nitrogens with zero attached hydrogens (tertiary/aromatic N) is 2. The molecule has 4 aromatic carbocycles. The maximum atomic E-state index is 13.6. The number of fused-ring (bicyclic) bond motifs is 4. The number of piperidine rings is 3. The molecule has 2 bridgehead atoms. The normalized spacial score (nSPS) is 18.4. The number of hydrogen-bond donors (Lipinski definition) is 5. The van der Waals surface area contributed by atoms with Crippen molar-refractivity contribution in [3.8, 4) is 11.5 Å². The highest BCUT2D eigenvalue weighted by Crippen LogP contribution is 2.31. The van der Waals surface area contributed by atoms with E-state index in [4.69, 9.17) is 9.47 Å². The molecular formula is C46H53N5O7. The van der Waals surface area contributed by atoms with Crippen LogP contribution < -0.4 is 20.9 Å². The fraction of sp³-hybridized carbons (Fsp3) is 0.370. The number of nitrogens with one attached hydrogen (secondary N) is 3. The average Bonchev–Trinajstić information content (AvgIpc) is 3.24. The highest BCUT2D eigenvalue weighted by Gasteiger charge is 2.37. The minimum absolute atomic E-state index is 0.0182. The first-order valence-corrected chi connectivity index (χ1v) is 20.2. The van der Waals surface area contributed by atoms with Gasteiger partial charge in [0.15, 0.2) is 0 Å². The van der Waals surface area contributed by atoms with E-state index in [0.29, 0.717) is 59.8 Å². The van der Waals surface area contributed by atoms with Gasteiger partial charge in [0, 0.05) is 42.7 Å². The maximum absolute atomic E-state index is 13.6. The Bertz CT molecular complexity index is 2220. The van der Waals surface area contributed by atoms with E-state index in [9.17, 15) is 24.6 Å². The minimum atomic E-state index is -0.859. The Balaban J connectivity index is 0.908. The fourth-order valence-corrected chi connectivity index (χ4v) is 8.07. The molecule has 5 aromatic rings. The molecule has 0 radical (unpaired) electrons. The van der Waals surface area contributed by atoms with Crippen LogP contribution in [0.3, 0.4) is 0 Å². The quantitative estimate of drug-likeness (QED) is 0.0726. The summed E-state index contributed by atoms with van der Waals surface area (Å²) in [5.41, 5.74) is 3.87. The van der Waals surface area contributed by atoms with Crippen molar-refractivity contribution >= 4 is 22.9 Å². The highest BCUT2D eigenvalue weighted by atomic mass is 16.6. The molecule has 1 unspecified atom stereocenters. The first-order chi connectivity index (χ1) is 28.1. The number of carbonyl (C=O) groups is 2. The number of rotatable bonds is 16. The molecule has 0 spiro atoms. The Labute approximate surface area is 338 Å². The summed E-state index contributed by atoms with van der Waals surface area (Å²) in [6.07, 6.45) is 1.44. The van der Waals surface area contributed by atoms with Gasteiger partial charge in [0.1, 0.15) is 24.2 Å². The van der Waals surface area contributed by atoms with Gasteiger partial charge in [-0.2, -0.15) is 0 Å². The molecule has 4 heterocycles. The SMILES string of the molecule is CC(C)N(CCCNC[C@H](O)c1ccc(O)c2[nH]c(=O)ccc12)C(=O)c1ccc(COc2cccc(C(NC(=O)O[C@H]3CN4CCC3CC4)c3ccccc3)c2)cc1. The van der Waals surface area contributed by atoms with Crippen LogP contribution in [0, 0.1) is 5.92 Å². The second-order valence-corrected chi connectivity index (χ2v) is 15.6. The number of aliphatic hydroxyl groups is 1. The van der Waals surface area contributed by atoms with Crippen LogP contribution in [0.25, 0.3) is 10.9 Å². The number of hydrogen-bond acceptors (Lipinski definition) is 9. The van der Waals surface area contributed by atoms with E-state index in [1.807, 2.05) is 97.6 Å². The molecule has 12 nitrogen and oxygen atoms in total. The Morgan fingerprint density at radius 3 is 2.41 bits per heavy atom. The standard InChI is InChI=1S/C46H53N5O7/c1-30(2)51(23-7-22-47-27-40(53)37-16-18-39(52)44-38(37)17-19-42(54)48-44)45(55)34-14-12-31(13-15-34)29-57-36-11-6-10-35(26-36)43(33-8-4-3-5-9-33)49-46(56)58-41-28-50-24-20-32(41)21-25-50/h3-6,8-19,26,30,32,40-41,43,47,52-53H,7,20-25,27-29H2,1-2H3,(H,48,54)(H,49,56)/t40-,41-,43?/m0/s1. The molecule has 304 valence electrons. The van der Waals surface area contributed by atoms with E-state index in [1.54, 1.807) is 12.1 Å². The summed E-state index contributed by atoms with van der Waals surface area (Å²) in [6.45, 7) is 8.60. The predicted molar refractivity (Wildman–Crippen MR) is 223 cm³/mol. The molecule has 8 rings (SSSR count). The van der Waals surface area contributed by atoms with Crippen molar-refractivity contribution < 1.29 is 29.3 Å². The molecule has 5 N–H and O–H groups in total. The monoisotopic (exact) mass is 787 g/mol. The van der Waals surface area contributed by atoms with Gasteiger partial charge in [-0.05, 0) is 117 Å². The molecule has 0 saturated carbocycles. The number of carbonyl (C=O) groups excluding carboxylic acids is 2. The van der Waals surface area contributed by atoms with Crippen LogP contribution in [0.4, 0.5) is 4.79 Å². The van der Waals surface area contributed by atoms with E-state index in [-0.39, 0.29) is 35.9 Å². The summed E-state index contributed by atoms with van der Waals surface area (Å²) in [4.78, 5) is 45.4. The zero-order valence-electron chi connectivity index (χ0n) is 33.1. The number of aromatic hydroxyl groups is 1. The van der Waals surface area contributed by atoms with Crippen molar-refractivity contribution in [1.82, 2.24) is 25.4 Å². The summed E-state index contributed by atoms with van der Waals surface area (Å²) in [5, 5.41) is 28.0. The van der Waals surface area contributed by atoms with Crippen molar-refractivity contribution in [3.05, 3.63) is 141 Å². The third-order valence-electron chi connectivity index (χ3n) is 11.3. The lowest BCUT2D eigenvalue weighted by Crippen LogP contribution is -2.52. The molecule has 3 saturated heterocycles. The number of phenols is 1. The number of ether oxygens (including phenoxy) is 2. The maximum Gasteiger partial charge on any atom is 0.408 e. The Hall–Kier alpha value is -5.69. The summed E-state index contributed by atoms with van der Waals surface area (Å²) in [7, 11) is 0. The molecule has 58 heavy (non-hydrogen) atoms. The summed E-state index contributed by atoms with van der Waals surface area (Å²) in [6, 6.07) is 30.7. The van der Waals surface area contributed by atoms with E-state index in [2.05, 4.69) is 20.5 Å². The predicted octanol–water partition coefficient (Wildman–Crippen LogP) is 6.29. The van der Waals surface area contributed by atoms with Gasteiger partial charge in [0.2, 0.25) is 5.56 Å². The third-order valence-corrected chi connectivity index (χ3v) is 11.3. The van der Waals surface area contributed by atoms with Crippen molar-refractivity contribution in [2.24, 2.45) is 5.92 Å². The Kier molecular flexibility index (Phi) is 13.1. The van der Waals surface area contributed by atoms with Crippen molar-refractivity contribution in [2.75, 3.05) is 39.3 Å². The molecule has 3 fully saturated rings. The molecule has 12 heteroatoms. The van der Waals surface area contributed by atoms with Crippen LogP contribution in [-0.2, 0) is 11.3 Å². The smallest absolute Gasteiger partial charge is 0.408 e.